The number of nitrogens with zero attached hydrogens (tertiary/aromatic N) is 1. The lowest BCUT2D eigenvalue weighted by Crippen LogP contribution is -2.45. The molecule has 2 N–H and O–H groups in total. The predicted octanol–water partition coefficient (Wildman–Crippen LogP) is 1.66. The van der Waals surface area contributed by atoms with Crippen molar-refractivity contribution >= 4 is 16.2 Å². The van der Waals surface area contributed by atoms with Crippen molar-refractivity contribution in [3.63, 3.8) is 0 Å². The third-order valence-corrected chi connectivity index (χ3v) is 5.20. The number of carbonyl (C=O) groups is 1. The van der Waals surface area contributed by atoms with Gasteiger partial charge in [0.2, 0.25) is 0 Å². The van der Waals surface area contributed by atoms with Crippen LogP contribution in [0.25, 0.3) is 0 Å². The molecule has 0 bridgehead atoms. The molecule has 122 valence electrons. The predicted molar refractivity (Wildman–Crippen MR) is 78.9 cm³/mol. The molecular weight excluding hydrogens is 311 g/mol. The van der Waals surface area contributed by atoms with Crippen molar-refractivity contribution in [2.45, 2.75) is 31.7 Å². The molecule has 1 saturated heterocycles. The molecule has 22 heavy (non-hydrogen) atoms. The van der Waals surface area contributed by atoms with Crippen LogP contribution in [-0.2, 0) is 15.0 Å². The molecule has 1 aliphatic heterocycles. The summed E-state index contributed by atoms with van der Waals surface area (Å²) in [5.74, 6) is -1.69. The lowest BCUT2D eigenvalue weighted by atomic mass is 10.1. The molecule has 1 heterocycles. The molecule has 1 fully saturated rings. The third kappa shape index (κ3) is 4.49. The Morgan fingerprint density at radius 2 is 2.00 bits per heavy atom. The van der Waals surface area contributed by atoms with Crippen molar-refractivity contribution in [2.75, 3.05) is 13.1 Å². The Labute approximate surface area is 129 Å². The molecule has 0 spiro atoms. The summed E-state index contributed by atoms with van der Waals surface area (Å²) in [5, 5.41) is 8.98. The summed E-state index contributed by atoms with van der Waals surface area (Å²) in [6, 6.07) is 4.30. The van der Waals surface area contributed by atoms with E-state index in [0.717, 1.165) is 25.3 Å². The molecule has 1 aromatic carbocycles. The molecule has 6 nitrogen and oxygen atoms in total. The van der Waals surface area contributed by atoms with E-state index >= 15 is 0 Å². The highest BCUT2D eigenvalue weighted by atomic mass is 32.2. The zero-order chi connectivity index (χ0) is 16.2. The summed E-state index contributed by atoms with van der Waals surface area (Å²) in [6.45, 7) is 0.830. The van der Waals surface area contributed by atoms with Crippen LogP contribution in [0.5, 0.6) is 0 Å². The molecule has 2 rings (SSSR count). The zero-order valence-electron chi connectivity index (χ0n) is 12.0. The van der Waals surface area contributed by atoms with Gasteiger partial charge in [-0.3, -0.25) is 4.79 Å². The summed E-state index contributed by atoms with van der Waals surface area (Å²) < 4.78 is 41.7. The minimum atomic E-state index is -3.79. The second-order valence-electron chi connectivity index (χ2n) is 5.29. The van der Waals surface area contributed by atoms with E-state index in [-0.39, 0.29) is 0 Å². The maximum absolute atomic E-state index is 13.3. The normalized spacial score (nSPS) is 18.0. The van der Waals surface area contributed by atoms with Gasteiger partial charge in [-0.05, 0) is 30.5 Å². The van der Waals surface area contributed by atoms with E-state index in [2.05, 4.69) is 4.72 Å². The maximum Gasteiger partial charge on any atom is 0.305 e. The number of piperidine rings is 1. The molecule has 0 aromatic heterocycles. The number of carboxylic acids is 1. The molecule has 1 unspecified atom stereocenters. The molecule has 8 heteroatoms. The van der Waals surface area contributed by atoms with Crippen LogP contribution in [0.2, 0.25) is 0 Å². The van der Waals surface area contributed by atoms with Gasteiger partial charge in [0.05, 0.1) is 12.5 Å². The van der Waals surface area contributed by atoms with Crippen LogP contribution >= 0.6 is 0 Å². The molecule has 1 aromatic rings. The van der Waals surface area contributed by atoms with Gasteiger partial charge >= 0.3 is 5.97 Å². The standard InChI is InChI=1S/C14H19FN2O4S/c15-12-6-4-5-11(9-12)13(10-14(18)19)16-22(20,21)17-7-2-1-3-8-17/h4-6,9,13,16H,1-3,7-8,10H2,(H,18,19). The number of nitrogens with one attached hydrogen (secondary N) is 1. The molecule has 1 aliphatic rings. The molecular formula is C14H19FN2O4S. The fourth-order valence-corrected chi connectivity index (χ4v) is 3.95. The monoisotopic (exact) mass is 330 g/mol. The Morgan fingerprint density at radius 3 is 2.59 bits per heavy atom. The van der Waals surface area contributed by atoms with Gasteiger partial charge < -0.3 is 5.11 Å². The molecule has 0 aliphatic carbocycles. The minimum absolute atomic E-state index is 0.294. The minimum Gasteiger partial charge on any atom is -0.481 e. The lowest BCUT2D eigenvalue weighted by molar-refractivity contribution is -0.137. The van der Waals surface area contributed by atoms with E-state index in [9.17, 15) is 17.6 Å². The van der Waals surface area contributed by atoms with Gasteiger partial charge in [0.25, 0.3) is 10.2 Å². The zero-order valence-corrected chi connectivity index (χ0v) is 12.9. The van der Waals surface area contributed by atoms with E-state index in [1.54, 1.807) is 0 Å². The highest BCUT2D eigenvalue weighted by Gasteiger charge is 2.28. The summed E-state index contributed by atoms with van der Waals surface area (Å²) in [6.07, 6.45) is 2.10. The first kappa shape index (κ1) is 16.9. The van der Waals surface area contributed by atoms with Crippen LogP contribution in [0.4, 0.5) is 4.39 Å². The van der Waals surface area contributed by atoms with Crippen LogP contribution in [0.15, 0.2) is 24.3 Å². The Balaban J connectivity index is 2.20. The Kier molecular flexibility index (Phi) is 5.49. The van der Waals surface area contributed by atoms with E-state index in [1.807, 2.05) is 0 Å². The van der Waals surface area contributed by atoms with Crippen LogP contribution in [0, 0.1) is 5.82 Å². The van der Waals surface area contributed by atoms with E-state index in [0.29, 0.717) is 18.7 Å². The van der Waals surface area contributed by atoms with Crippen LogP contribution in [0.3, 0.4) is 0 Å². The van der Waals surface area contributed by atoms with Crippen LogP contribution in [0.1, 0.15) is 37.3 Å². The summed E-state index contributed by atoms with van der Waals surface area (Å²) in [5.41, 5.74) is 0.294. The van der Waals surface area contributed by atoms with Crippen molar-refractivity contribution in [1.29, 1.82) is 0 Å². The number of aliphatic carboxylic acids is 1. The number of rotatable bonds is 6. The summed E-state index contributed by atoms with van der Waals surface area (Å²) >= 11 is 0. The fourth-order valence-electron chi connectivity index (χ4n) is 2.49. The fraction of sp³-hybridized carbons (Fsp3) is 0.500. The molecule has 0 saturated carbocycles. The summed E-state index contributed by atoms with van der Waals surface area (Å²) in [7, 11) is -3.79. The smallest absolute Gasteiger partial charge is 0.305 e. The van der Waals surface area contributed by atoms with Crippen molar-refractivity contribution in [3.05, 3.63) is 35.6 Å². The first-order valence-corrected chi connectivity index (χ1v) is 8.57. The highest BCUT2D eigenvalue weighted by molar-refractivity contribution is 7.87. The van der Waals surface area contributed by atoms with Crippen molar-refractivity contribution in [1.82, 2.24) is 9.03 Å². The number of carboxylic acid groups (broad SMARTS) is 1. The molecule has 0 amide bonds. The van der Waals surface area contributed by atoms with Gasteiger partial charge in [0.15, 0.2) is 0 Å². The van der Waals surface area contributed by atoms with Gasteiger partial charge in [-0.25, -0.2) is 4.39 Å². The van der Waals surface area contributed by atoms with Gasteiger partial charge in [0.1, 0.15) is 5.82 Å². The number of halogens is 1. The summed E-state index contributed by atoms with van der Waals surface area (Å²) in [4.78, 5) is 11.0. The van der Waals surface area contributed by atoms with E-state index < -0.39 is 34.5 Å². The number of hydrogen-bond acceptors (Lipinski definition) is 3. The van der Waals surface area contributed by atoms with Crippen molar-refractivity contribution < 1.29 is 22.7 Å². The second-order valence-corrected chi connectivity index (χ2v) is 6.99. The topological polar surface area (TPSA) is 86.7 Å². The van der Waals surface area contributed by atoms with E-state index in [4.69, 9.17) is 5.11 Å². The van der Waals surface area contributed by atoms with Gasteiger partial charge in [-0.2, -0.15) is 17.4 Å². The average Bonchev–Trinajstić information content (AvgIpc) is 2.47. The van der Waals surface area contributed by atoms with Crippen LogP contribution < -0.4 is 4.72 Å². The van der Waals surface area contributed by atoms with Gasteiger partial charge in [-0.15, -0.1) is 0 Å². The largest absolute Gasteiger partial charge is 0.481 e. The first-order chi connectivity index (χ1) is 10.4. The Hall–Kier alpha value is -1.51. The highest BCUT2D eigenvalue weighted by Crippen LogP contribution is 2.21. The SMILES string of the molecule is O=C(O)CC(NS(=O)(=O)N1CCCCC1)c1cccc(F)c1. The number of hydrogen-bond donors (Lipinski definition) is 2. The van der Waals surface area contributed by atoms with Crippen LogP contribution in [-0.4, -0.2) is 36.9 Å². The first-order valence-electron chi connectivity index (χ1n) is 7.13. The second kappa shape index (κ2) is 7.17. The van der Waals surface area contributed by atoms with Crippen molar-refractivity contribution in [2.24, 2.45) is 0 Å². The van der Waals surface area contributed by atoms with E-state index in [1.165, 1.54) is 22.5 Å². The maximum atomic E-state index is 13.3. The Morgan fingerprint density at radius 1 is 1.32 bits per heavy atom. The third-order valence-electron chi connectivity index (χ3n) is 3.58. The van der Waals surface area contributed by atoms with Gasteiger partial charge in [0, 0.05) is 13.1 Å². The van der Waals surface area contributed by atoms with Gasteiger partial charge in [-0.1, -0.05) is 18.6 Å². The quantitative estimate of drug-likeness (QED) is 0.830. The lowest BCUT2D eigenvalue weighted by Gasteiger charge is -2.28. The van der Waals surface area contributed by atoms with Crippen molar-refractivity contribution in [3.8, 4) is 0 Å². The molecule has 0 radical (unpaired) electrons. The number of benzene rings is 1. The average molecular weight is 330 g/mol. The molecule has 1 atom stereocenters. The Bertz CT molecular complexity index is 629.